The summed E-state index contributed by atoms with van der Waals surface area (Å²) in [6.07, 6.45) is 0.318. The molecular weight excluding hydrogens is 258 g/mol. The number of esters is 1. The van der Waals surface area contributed by atoms with E-state index in [1.807, 2.05) is 32.0 Å². The van der Waals surface area contributed by atoms with Crippen molar-refractivity contribution in [3.05, 3.63) is 18.2 Å². The molecule has 0 aromatic heterocycles. The summed E-state index contributed by atoms with van der Waals surface area (Å²) in [6, 6.07) is 5.60. The van der Waals surface area contributed by atoms with Crippen LogP contribution in [0.25, 0.3) is 0 Å². The van der Waals surface area contributed by atoms with Crippen LogP contribution in [0, 0.1) is 0 Å². The number of carbonyl (C=O) groups is 1. The molecule has 0 fully saturated rings. The zero-order chi connectivity index (χ0) is 14.8. The topological polar surface area (TPSA) is 56.8 Å². The van der Waals surface area contributed by atoms with Crippen molar-refractivity contribution in [2.75, 3.05) is 31.7 Å². The van der Waals surface area contributed by atoms with Gasteiger partial charge in [-0.25, -0.2) is 0 Å². The summed E-state index contributed by atoms with van der Waals surface area (Å²) >= 11 is 0. The maximum Gasteiger partial charge on any atom is 0.307 e. The first-order valence-corrected chi connectivity index (χ1v) is 7.00. The monoisotopic (exact) mass is 281 g/mol. The number of hydrogen-bond acceptors (Lipinski definition) is 5. The third-order valence-electron chi connectivity index (χ3n) is 2.51. The Hall–Kier alpha value is -1.91. The molecule has 1 aromatic rings. The minimum atomic E-state index is -0.209. The van der Waals surface area contributed by atoms with Gasteiger partial charge in [0.05, 0.1) is 31.9 Å². The molecule has 0 unspecified atom stereocenters. The molecule has 0 amide bonds. The molecule has 20 heavy (non-hydrogen) atoms. The molecule has 112 valence electrons. The minimum Gasteiger partial charge on any atom is -0.494 e. The molecular formula is C15H23NO4. The molecule has 5 heteroatoms. The second-order valence-corrected chi connectivity index (χ2v) is 4.01. The van der Waals surface area contributed by atoms with Crippen molar-refractivity contribution in [3.8, 4) is 11.5 Å². The highest BCUT2D eigenvalue weighted by Gasteiger charge is 2.07. The lowest BCUT2D eigenvalue weighted by Crippen LogP contribution is -2.12. The van der Waals surface area contributed by atoms with Crippen molar-refractivity contribution in [1.29, 1.82) is 0 Å². The molecule has 0 heterocycles. The zero-order valence-corrected chi connectivity index (χ0v) is 12.4. The van der Waals surface area contributed by atoms with Crippen molar-refractivity contribution >= 4 is 11.7 Å². The summed E-state index contributed by atoms with van der Waals surface area (Å²) in [6.45, 7) is 7.75. The summed E-state index contributed by atoms with van der Waals surface area (Å²) in [5.74, 6) is 1.31. The Balaban J connectivity index is 2.64. The summed E-state index contributed by atoms with van der Waals surface area (Å²) in [7, 11) is 0. The van der Waals surface area contributed by atoms with Crippen LogP contribution in [0.1, 0.15) is 27.2 Å². The lowest BCUT2D eigenvalue weighted by Gasteiger charge is -2.14. The Morgan fingerprint density at radius 1 is 1.10 bits per heavy atom. The van der Waals surface area contributed by atoms with Crippen LogP contribution in [0.3, 0.4) is 0 Å². The average molecular weight is 281 g/mol. The van der Waals surface area contributed by atoms with Crippen LogP contribution in [0.4, 0.5) is 5.69 Å². The normalized spacial score (nSPS) is 9.95. The molecule has 0 saturated heterocycles. The largest absolute Gasteiger partial charge is 0.494 e. The Bertz CT molecular complexity index is 420. The average Bonchev–Trinajstić information content (AvgIpc) is 2.42. The Morgan fingerprint density at radius 3 is 2.50 bits per heavy atom. The number of nitrogens with one attached hydrogen (secondary N) is 1. The predicted octanol–water partition coefficient (Wildman–Crippen LogP) is 2.85. The Morgan fingerprint density at radius 2 is 1.85 bits per heavy atom. The van der Waals surface area contributed by atoms with Gasteiger partial charge in [-0.1, -0.05) is 0 Å². The fourth-order valence-electron chi connectivity index (χ4n) is 1.72. The van der Waals surface area contributed by atoms with Gasteiger partial charge >= 0.3 is 5.97 Å². The highest BCUT2D eigenvalue weighted by molar-refractivity contribution is 5.70. The molecule has 0 saturated carbocycles. The van der Waals surface area contributed by atoms with Gasteiger partial charge in [-0.15, -0.1) is 0 Å². The van der Waals surface area contributed by atoms with Gasteiger partial charge in [0, 0.05) is 12.6 Å². The third kappa shape index (κ3) is 5.38. The number of ether oxygens (including phenoxy) is 3. The SMILES string of the molecule is CCOC(=O)CCNc1cc(OCC)ccc1OCC. The van der Waals surface area contributed by atoms with Gasteiger partial charge in [0.1, 0.15) is 11.5 Å². The lowest BCUT2D eigenvalue weighted by atomic mass is 10.2. The summed E-state index contributed by atoms with van der Waals surface area (Å²) in [5, 5.41) is 3.18. The number of carbonyl (C=O) groups excluding carboxylic acids is 1. The van der Waals surface area contributed by atoms with E-state index in [0.717, 1.165) is 17.2 Å². The Kier molecular flexibility index (Phi) is 7.32. The molecule has 1 N–H and O–H groups in total. The molecule has 0 spiro atoms. The van der Waals surface area contributed by atoms with E-state index in [1.54, 1.807) is 6.92 Å². The van der Waals surface area contributed by atoms with E-state index in [1.165, 1.54) is 0 Å². The van der Waals surface area contributed by atoms with Gasteiger partial charge < -0.3 is 19.5 Å². The van der Waals surface area contributed by atoms with Crippen LogP contribution in [-0.2, 0) is 9.53 Å². The summed E-state index contributed by atoms with van der Waals surface area (Å²) < 4.78 is 15.9. The van der Waals surface area contributed by atoms with E-state index in [9.17, 15) is 4.79 Å². The van der Waals surface area contributed by atoms with Crippen LogP contribution in [0.15, 0.2) is 18.2 Å². The van der Waals surface area contributed by atoms with Crippen LogP contribution in [-0.4, -0.2) is 32.3 Å². The second-order valence-electron chi connectivity index (χ2n) is 4.01. The highest BCUT2D eigenvalue weighted by atomic mass is 16.5. The fourth-order valence-corrected chi connectivity index (χ4v) is 1.72. The number of hydrogen-bond donors (Lipinski definition) is 1. The van der Waals surface area contributed by atoms with Crippen molar-refractivity contribution in [3.63, 3.8) is 0 Å². The first kappa shape index (κ1) is 16.1. The summed E-state index contributed by atoms with van der Waals surface area (Å²) in [5.41, 5.74) is 0.821. The maximum absolute atomic E-state index is 11.3. The van der Waals surface area contributed by atoms with Gasteiger partial charge in [-0.3, -0.25) is 4.79 Å². The molecule has 0 aliphatic heterocycles. The fraction of sp³-hybridized carbons (Fsp3) is 0.533. The third-order valence-corrected chi connectivity index (χ3v) is 2.51. The van der Waals surface area contributed by atoms with E-state index in [4.69, 9.17) is 14.2 Å². The van der Waals surface area contributed by atoms with Crippen LogP contribution >= 0.6 is 0 Å². The molecule has 1 aromatic carbocycles. The van der Waals surface area contributed by atoms with Crippen molar-refractivity contribution in [1.82, 2.24) is 0 Å². The molecule has 0 radical (unpaired) electrons. The summed E-state index contributed by atoms with van der Waals surface area (Å²) in [4.78, 5) is 11.3. The predicted molar refractivity (Wildman–Crippen MR) is 78.5 cm³/mol. The highest BCUT2D eigenvalue weighted by Crippen LogP contribution is 2.29. The molecule has 0 atom stereocenters. The smallest absolute Gasteiger partial charge is 0.307 e. The Labute approximate surface area is 120 Å². The number of rotatable bonds is 9. The number of anilines is 1. The van der Waals surface area contributed by atoms with Gasteiger partial charge in [0.15, 0.2) is 0 Å². The minimum absolute atomic E-state index is 0.209. The van der Waals surface area contributed by atoms with Crippen LogP contribution in [0.5, 0.6) is 11.5 Å². The van der Waals surface area contributed by atoms with Gasteiger partial charge in [-0.05, 0) is 32.9 Å². The van der Waals surface area contributed by atoms with E-state index < -0.39 is 0 Å². The van der Waals surface area contributed by atoms with Crippen LogP contribution in [0.2, 0.25) is 0 Å². The second kappa shape index (κ2) is 9.07. The number of benzene rings is 1. The molecule has 1 rings (SSSR count). The van der Waals surface area contributed by atoms with Gasteiger partial charge in [-0.2, -0.15) is 0 Å². The van der Waals surface area contributed by atoms with Crippen molar-refractivity contribution in [2.24, 2.45) is 0 Å². The van der Waals surface area contributed by atoms with Crippen molar-refractivity contribution in [2.45, 2.75) is 27.2 Å². The molecule has 5 nitrogen and oxygen atoms in total. The van der Waals surface area contributed by atoms with Gasteiger partial charge in [0.2, 0.25) is 0 Å². The van der Waals surface area contributed by atoms with E-state index >= 15 is 0 Å². The first-order chi connectivity index (χ1) is 9.71. The first-order valence-electron chi connectivity index (χ1n) is 7.00. The molecule has 0 aliphatic carbocycles. The zero-order valence-electron chi connectivity index (χ0n) is 12.4. The van der Waals surface area contributed by atoms with Crippen molar-refractivity contribution < 1.29 is 19.0 Å². The lowest BCUT2D eigenvalue weighted by molar-refractivity contribution is -0.142. The van der Waals surface area contributed by atoms with Gasteiger partial charge in [0.25, 0.3) is 0 Å². The molecule has 0 bridgehead atoms. The van der Waals surface area contributed by atoms with E-state index in [0.29, 0.717) is 32.8 Å². The molecule has 0 aliphatic rings. The standard InChI is InChI=1S/C15H23NO4/c1-4-18-12-7-8-14(19-5-2)13(11-12)16-10-9-15(17)20-6-3/h7-8,11,16H,4-6,9-10H2,1-3H3. The van der Waals surface area contributed by atoms with E-state index in [2.05, 4.69) is 5.32 Å². The maximum atomic E-state index is 11.3. The van der Waals surface area contributed by atoms with Crippen LogP contribution < -0.4 is 14.8 Å². The van der Waals surface area contributed by atoms with E-state index in [-0.39, 0.29) is 5.97 Å². The quantitative estimate of drug-likeness (QED) is 0.705.